The summed E-state index contributed by atoms with van der Waals surface area (Å²) in [5.41, 5.74) is 0. The summed E-state index contributed by atoms with van der Waals surface area (Å²) in [5.74, 6) is 0. The highest BCUT2D eigenvalue weighted by Gasteiger charge is 2.41. The van der Waals surface area contributed by atoms with Gasteiger partial charge in [-0.05, 0) is 14.0 Å². The van der Waals surface area contributed by atoms with E-state index in [1.54, 1.807) is 0 Å². The van der Waals surface area contributed by atoms with E-state index in [4.69, 9.17) is 4.74 Å². The molecule has 2 heteroatoms. The van der Waals surface area contributed by atoms with Crippen LogP contribution in [0, 0.1) is 0 Å². The number of nitrogens with zero attached hydrogens (tertiary/aromatic N) is 1. The van der Waals surface area contributed by atoms with Gasteiger partial charge in [0, 0.05) is 19.0 Å². The molecule has 0 aromatic rings. The summed E-state index contributed by atoms with van der Waals surface area (Å²) in [4.78, 5) is 2.38. The number of likely N-dealkylation sites (N-methyl/N-ethyl adjacent to an activating group) is 1. The van der Waals surface area contributed by atoms with Crippen molar-refractivity contribution in [2.24, 2.45) is 0 Å². The first-order valence-corrected chi connectivity index (χ1v) is 4.63. The molecular formula is C9H19NO. The van der Waals surface area contributed by atoms with Crippen LogP contribution in [-0.4, -0.2) is 36.7 Å². The van der Waals surface area contributed by atoms with E-state index in [2.05, 4.69) is 18.9 Å². The van der Waals surface area contributed by atoms with Crippen molar-refractivity contribution in [2.75, 3.05) is 13.6 Å². The fourth-order valence-electron chi connectivity index (χ4n) is 1.69. The van der Waals surface area contributed by atoms with Crippen molar-refractivity contribution in [1.82, 2.24) is 4.90 Å². The molecule has 0 aromatic heterocycles. The van der Waals surface area contributed by atoms with E-state index in [1.165, 1.54) is 6.42 Å². The largest absolute Gasteiger partial charge is 0.372 e. The van der Waals surface area contributed by atoms with Crippen LogP contribution in [0.4, 0.5) is 0 Å². The zero-order valence-electron chi connectivity index (χ0n) is 8.00. The first-order chi connectivity index (χ1) is 5.27. The van der Waals surface area contributed by atoms with E-state index in [9.17, 15) is 0 Å². The van der Waals surface area contributed by atoms with E-state index in [0.717, 1.165) is 6.54 Å². The summed E-state index contributed by atoms with van der Waals surface area (Å²) in [6, 6.07) is 0.648. The van der Waals surface area contributed by atoms with Gasteiger partial charge in [-0.2, -0.15) is 0 Å². The Labute approximate surface area is 69.5 Å². The van der Waals surface area contributed by atoms with Crippen LogP contribution in [0.5, 0.6) is 0 Å². The Bertz CT molecular complexity index is 119. The lowest BCUT2D eigenvalue weighted by Crippen LogP contribution is -2.60. The summed E-state index contributed by atoms with van der Waals surface area (Å²) >= 11 is 0. The molecule has 3 atom stereocenters. The summed E-state index contributed by atoms with van der Waals surface area (Å²) in [6.07, 6.45) is 2.41. The molecule has 11 heavy (non-hydrogen) atoms. The van der Waals surface area contributed by atoms with Crippen LogP contribution in [-0.2, 0) is 4.74 Å². The third-order valence-electron chi connectivity index (χ3n) is 2.59. The number of rotatable bonds is 0. The topological polar surface area (TPSA) is 12.5 Å². The van der Waals surface area contributed by atoms with Gasteiger partial charge in [0.1, 0.15) is 0 Å². The maximum absolute atomic E-state index is 5.52. The minimum absolute atomic E-state index is 0.550. The fourth-order valence-corrected chi connectivity index (χ4v) is 1.69. The van der Waals surface area contributed by atoms with Gasteiger partial charge in [0.05, 0.1) is 12.2 Å². The lowest BCUT2D eigenvalue weighted by molar-refractivity contribution is -0.200. The fraction of sp³-hybridized carbons (Fsp3) is 1.00. The maximum atomic E-state index is 5.52. The molecular weight excluding hydrogens is 138 g/mol. The molecule has 0 radical (unpaired) electrons. The molecule has 3 aliphatic heterocycles. The highest BCUT2D eigenvalue weighted by molar-refractivity contribution is 4.93. The van der Waals surface area contributed by atoms with E-state index >= 15 is 0 Å². The van der Waals surface area contributed by atoms with Crippen LogP contribution >= 0.6 is 0 Å². The highest BCUT2D eigenvalue weighted by atomic mass is 16.5. The molecule has 2 bridgehead atoms. The van der Waals surface area contributed by atoms with Crippen molar-refractivity contribution in [2.45, 2.75) is 45.4 Å². The summed E-state index contributed by atoms with van der Waals surface area (Å²) < 4.78 is 5.52. The average Bonchev–Trinajstić information content (AvgIpc) is 1.96. The van der Waals surface area contributed by atoms with E-state index in [1.807, 2.05) is 13.8 Å². The molecule has 0 amide bonds. The molecule has 0 spiro atoms. The molecule has 3 unspecified atom stereocenters. The molecule has 0 aromatic carbocycles. The first-order valence-electron chi connectivity index (χ1n) is 4.63. The zero-order chi connectivity index (χ0) is 8.43. The summed E-state index contributed by atoms with van der Waals surface area (Å²) in [5, 5.41) is 0. The molecule has 0 aliphatic carbocycles. The van der Waals surface area contributed by atoms with Crippen LogP contribution in [0.2, 0.25) is 0 Å². The molecule has 3 rings (SSSR count). The minimum Gasteiger partial charge on any atom is -0.372 e. The molecule has 3 fully saturated rings. The second-order valence-electron chi connectivity index (χ2n) is 3.21. The monoisotopic (exact) mass is 157 g/mol. The van der Waals surface area contributed by atoms with Gasteiger partial charge in [0.15, 0.2) is 0 Å². The predicted octanol–water partition coefficient (Wildman–Crippen LogP) is 1.50. The second-order valence-corrected chi connectivity index (χ2v) is 3.21. The highest BCUT2D eigenvalue weighted by Crippen LogP contribution is 2.31. The van der Waals surface area contributed by atoms with Crippen molar-refractivity contribution >= 4 is 0 Å². The Morgan fingerprint density at radius 1 is 1.36 bits per heavy atom. The van der Waals surface area contributed by atoms with Crippen LogP contribution < -0.4 is 0 Å². The SMILES string of the molecule is CC.CC1C2CC(CN1C)O2. The van der Waals surface area contributed by atoms with Gasteiger partial charge in [-0.1, -0.05) is 13.8 Å². The van der Waals surface area contributed by atoms with Crippen molar-refractivity contribution in [1.29, 1.82) is 0 Å². The van der Waals surface area contributed by atoms with Crippen LogP contribution in [0.15, 0.2) is 0 Å². The first kappa shape index (κ1) is 9.01. The van der Waals surface area contributed by atoms with Gasteiger partial charge >= 0.3 is 0 Å². The van der Waals surface area contributed by atoms with Crippen molar-refractivity contribution in [3.05, 3.63) is 0 Å². The Kier molecular flexibility index (Phi) is 2.90. The van der Waals surface area contributed by atoms with Crippen molar-refractivity contribution in [3.8, 4) is 0 Å². The van der Waals surface area contributed by atoms with Gasteiger partial charge < -0.3 is 4.74 Å². The van der Waals surface area contributed by atoms with Crippen molar-refractivity contribution in [3.63, 3.8) is 0 Å². The number of hydrogen-bond acceptors (Lipinski definition) is 2. The lowest BCUT2D eigenvalue weighted by atomic mass is 9.93. The molecule has 66 valence electrons. The standard InChI is InChI=1S/C7H13NO.C2H6/c1-5-7-3-6(9-7)4-8(5)2;1-2/h5-7H,3-4H2,1-2H3;1-2H3. The Morgan fingerprint density at radius 3 is 2.18 bits per heavy atom. The predicted molar refractivity (Wildman–Crippen MR) is 46.7 cm³/mol. The molecule has 0 saturated carbocycles. The smallest absolute Gasteiger partial charge is 0.0757 e. The van der Waals surface area contributed by atoms with Crippen LogP contribution in [0.1, 0.15) is 27.2 Å². The molecule has 2 nitrogen and oxygen atoms in total. The van der Waals surface area contributed by atoms with Crippen molar-refractivity contribution < 1.29 is 4.74 Å². The molecule has 3 saturated heterocycles. The number of piperidine rings is 1. The normalized spacial score (nSPS) is 42.0. The van der Waals surface area contributed by atoms with Crippen LogP contribution in [0.25, 0.3) is 0 Å². The number of fused-ring (bicyclic) bond motifs is 2. The van der Waals surface area contributed by atoms with Gasteiger partial charge in [-0.15, -0.1) is 0 Å². The Hall–Kier alpha value is -0.0800. The number of morpholine rings is 1. The zero-order valence-corrected chi connectivity index (χ0v) is 8.00. The summed E-state index contributed by atoms with van der Waals surface area (Å²) in [6.45, 7) is 7.37. The maximum Gasteiger partial charge on any atom is 0.0757 e. The van der Waals surface area contributed by atoms with Gasteiger partial charge in [-0.3, -0.25) is 4.90 Å². The van der Waals surface area contributed by atoms with Gasteiger partial charge in [-0.25, -0.2) is 0 Å². The third-order valence-corrected chi connectivity index (χ3v) is 2.59. The number of hydrogen-bond donors (Lipinski definition) is 0. The average molecular weight is 157 g/mol. The molecule has 0 N–H and O–H groups in total. The van der Waals surface area contributed by atoms with Gasteiger partial charge in [0.25, 0.3) is 0 Å². The third kappa shape index (κ3) is 1.57. The van der Waals surface area contributed by atoms with E-state index in [-0.39, 0.29) is 0 Å². The number of ether oxygens (including phenoxy) is 1. The van der Waals surface area contributed by atoms with Crippen LogP contribution in [0.3, 0.4) is 0 Å². The summed E-state index contributed by atoms with van der Waals surface area (Å²) in [7, 11) is 2.17. The Balaban J connectivity index is 0.000000281. The van der Waals surface area contributed by atoms with E-state index < -0.39 is 0 Å². The van der Waals surface area contributed by atoms with Gasteiger partial charge in [0.2, 0.25) is 0 Å². The molecule has 3 aliphatic rings. The van der Waals surface area contributed by atoms with E-state index in [0.29, 0.717) is 18.2 Å². The minimum atomic E-state index is 0.550. The lowest BCUT2D eigenvalue weighted by Gasteiger charge is -2.50. The second kappa shape index (κ2) is 3.55. The Morgan fingerprint density at radius 2 is 1.91 bits per heavy atom. The quantitative estimate of drug-likeness (QED) is 0.528. The molecule has 3 heterocycles.